The van der Waals surface area contributed by atoms with Crippen LogP contribution in [0, 0.1) is 10.1 Å². The maximum absolute atomic E-state index is 12.5. The smallest absolute Gasteiger partial charge is 0.353 e. The summed E-state index contributed by atoms with van der Waals surface area (Å²) in [4.78, 5) is 46.9. The summed E-state index contributed by atoms with van der Waals surface area (Å²) in [5.74, 6) is -2.54. The minimum Gasteiger partial charge on any atom is -0.457 e. The van der Waals surface area contributed by atoms with Gasteiger partial charge in [-0.1, -0.05) is 0 Å². The van der Waals surface area contributed by atoms with Crippen LogP contribution < -0.4 is 0 Å². The first-order chi connectivity index (χ1) is 12.6. The lowest BCUT2D eigenvalue weighted by Crippen LogP contribution is -2.30. The predicted octanol–water partition coefficient (Wildman–Crippen LogP) is 3.50. The fourth-order valence-electron chi connectivity index (χ4n) is 2.15. The highest BCUT2D eigenvalue weighted by atomic mass is 16.6. The molecule has 0 saturated heterocycles. The third-order valence-electron chi connectivity index (χ3n) is 3.05. The van der Waals surface area contributed by atoms with E-state index >= 15 is 0 Å². The molecule has 1 aromatic rings. The highest BCUT2D eigenvalue weighted by molar-refractivity contribution is 5.91. The molecule has 1 aromatic carbocycles. The highest BCUT2D eigenvalue weighted by Gasteiger charge is 2.35. The molecule has 0 aliphatic heterocycles. The molecule has 0 spiro atoms. The van der Waals surface area contributed by atoms with Crippen molar-refractivity contribution in [2.24, 2.45) is 0 Å². The summed E-state index contributed by atoms with van der Waals surface area (Å²) in [6, 6.07) is 3.41. The largest absolute Gasteiger partial charge is 0.457 e. The number of rotatable bonds is 5. The van der Waals surface area contributed by atoms with E-state index in [1.54, 1.807) is 41.5 Å². The van der Waals surface area contributed by atoms with E-state index in [2.05, 4.69) is 0 Å². The van der Waals surface area contributed by atoms with Gasteiger partial charge in [0.25, 0.3) is 5.69 Å². The number of nitro benzene ring substituents is 1. The average molecular weight is 395 g/mol. The Balaban J connectivity index is 3.41. The molecule has 1 atom stereocenters. The number of carbonyl (C=O) groups excluding carboxylic acids is 3. The summed E-state index contributed by atoms with van der Waals surface area (Å²) in [5, 5.41) is 11.5. The van der Waals surface area contributed by atoms with Gasteiger partial charge in [-0.3, -0.25) is 14.9 Å². The van der Waals surface area contributed by atoms with Crippen LogP contribution in [0.5, 0.6) is 0 Å². The minimum atomic E-state index is -1.65. The lowest BCUT2D eigenvalue weighted by molar-refractivity contribution is -0.386. The van der Waals surface area contributed by atoms with Gasteiger partial charge < -0.3 is 14.2 Å². The third-order valence-corrected chi connectivity index (χ3v) is 3.05. The van der Waals surface area contributed by atoms with Crippen molar-refractivity contribution in [1.29, 1.82) is 0 Å². The van der Waals surface area contributed by atoms with Crippen molar-refractivity contribution in [1.82, 2.24) is 0 Å². The van der Waals surface area contributed by atoms with Crippen molar-refractivity contribution < 1.29 is 33.5 Å². The predicted molar refractivity (Wildman–Crippen MR) is 98.6 cm³/mol. The topological polar surface area (TPSA) is 122 Å². The van der Waals surface area contributed by atoms with Gasteiger partial charge in [-0.15, -0.1) is 0 Å². The quantitative estimate of drug-likeness (QED) is 0.321. The van der Waals surface area contributed by atoms with Crippen LogP contribution in [0.2, 0.25) is 0 Å². The molecule has 9 nitrogen and oxygen atoms in total. The fraction of sp³-hybridized carbons (Fsp3) is 0.526. The Hall–Kier alpha value is -2.97. The Bertz CT molecular complexity index is 786. The van der Waals surface area contributed by atoms with Gasteiger partial charge in [0.2, 0.25) is 6.10 Å². The first-order valence-electron chi connectivity index (χ1n) is 8.52. The molecular weight excluding hydrogens is 370 g/mol. The summed E-state index contributed by atoms with van der Waals surface area (Å²) >= 11 is 0. The molecule has 154 valence electrons. The van der Waals surface area contributed by atoms with Gasteiger partial charge in [0.15, 0.2) is 0 Å². The van der Waals surface area contributed by atoms with Gasteiger partial charge in [-0.05, 0) is 53.7 Å². The van der Waals surface area contributed by atoms with Crippen molar-refractivity contribution >= 4 is 23.6 Å². The lowest BCUT2D eigenvalue weighted by Gasteiger charge is -2.24. The molecule has 0 heterocycles. The molecule has 0 amide bonds. The van der Waals surface area contributed by atoms with E-state index in [1.165, 1.54) is 12.1 Å². The summed E-state index contributed by atoms with van der Waals surface area (Å²) in [5.41, 5.74) is -2.54. The van der Waals surface area contributed by atoms with E-state index in [1.807, 2.05) is 0 Å². The molecule has 28 heavy (non-hydrogen) atoms. The van der Waals surface area contributed by atoms with Crippen molar-refractivity contribution in [2.45, 2.75) is 65.8 Å². The average Bonchev–Trinajstić information content (AvgIpc) is 2.48. The zero-order valence-electron chi connectivity index (χ0n) is 17.0. The SMILES string of the molecule is CC(=O)OC(C(=O)OC(C)(C)C)c1ccc(C(=O)OC(C)(C)C)cc1[N+](=O)[O-]. The second kappa shape index (κ2) is 8.37. The number of esters is 3. The third kappa shape index (κ3) is 6.98. The van der Waals surface area contributed by atoms with E-state index in [9.17, 15) is 24.5 Å². The van der Waals surface area contributed by atoms with Crippen LogP contribution in [-0.4, -0.2) is 34.0 Å². The summed E-state index contributed by atoms with van der Waals surface area (Å²) in [6.07, 6.45) is -1.65. The molecule has 0 fully saturated rings. The molecule has 1 rings (SSSR count). The minimum absolute atomic E-state index is 0.0730. The molecular formula is C19H25NO8. The Morgan fingerprint density at radius 2 is 1.54 bits per heavy atom. The van der Waals surface area contributed by atoms with Crippen LogP contribution in [0.3, 0.4) is 0 Å². The first kappa shape index (κ1) is 23.1. The van der Waals surface area contributed by atoms with Crippen LogP contribution in [0.15, 0.2) is 18.2 Å². The monoisotopic (exact) mass is 395 g/mol. The summed E-state index contributed by atoms with van der Waals surface area (Å²) in [6.45, 7) is 10.9. The maximum Gasteiger partial charge on any atom is 0.353 e. The molecule has 0 radical (unpaired) electrons. The van der Waals surface area contributed by atoms with E-state index < -0.39 is 45.8 Å². The fourth-order valence-corrected chi connectivity index (χ4v) is 2.15. The number of hydrogen-bond acceptors (Lipinski definition) is 8. The molecule has 1 unspecified atom stereocenters. The van der Waals surface area contributed by atoms with E-state index in [0.29, 0.717) is 0 Å². The number of hydrogen-bond donors (Lipinski definition) is 0. The molecule has 0 bridgehead atoms. The lowest BCUT2D eigenvalue weighted by atomic mass is 10.0. The zero-order valence-corrected chi connectivity index (χ0v) is 17.0. The van der Waals surface area contributed by atoms with E-state index in [-0.39, 0.29) is 11.1 Å². The van der Waals surface area contributed by atoms with Gasteiger partial charge in [-0.2, -0.15) is 0 Å². The van der Waals surface area contributed by atoms with Crippen LogP contribution in [0.25, 0.3) is 0 Å². The Morgan fingerprint density at radius 1 is 1.00 bits per heavy atom. The second-order valence-corrected chi connectivity index (χ2v) is 8.06. The molecule has 9 heteroatoms. The number of carbonyl (C=O) groups is 3. The van der Waals surface area contributed by atoms with Gasteiger partial charge in [0, 0.05) is 13.0 Å². The maximum atomic E-state index is 12.5. The number of ether oxygens (including phenoxy) is 3. The Morgan fingerprint density at radius 3 is 1.96 bits per heavy atom. The van der Waals surface area contributed by atoms with Crippen molar-refractivity contribution in [2.75, 3.05) is 0 Å². The van der Waals surface area contributed by atoms with Crippen molar-refractivity contribution in [3.8, 4) is 0 Å². The molecule has 0 N–H and O–H groups in total. The van der Waals surface area contributed by atoms with Crippen LogP contribution in [0.4, 0.5) is 5.69 Å². The van der Waals surface area contributed by atoms with Gasteiger partial charge in [0.1, 0.15) is 11.2 Å². The van der Waals surface area contributed by atoms with Gasteiger partial charge >= 0.3 is 17.9 Å². The normalized spacial score (nSPS) is 12.7. The number of nitrogens with zero attached hydrogens (tertiary/aromatic N) is 1. The molecule has 0 aromatic heterocycles. The number of benzene rings is 1. The van der Waals surface area contributed by atoms with Crippen LogP contribution >= 0.6 is 0 Å². The van der Waals surface area contributed by atoms with Crippen molar-refractivity contribution in [3.05, 3.63) is 39.4 Å². The molecule has 0 aliphatic carbocycles. The van der Waals surface area contributed by atoms with Crippen LogP contribution in [-0.2, 0) is 23.8 Å². The first-order valence-corrected chi connectivity index (χ1v) is 8.52. The zero-order chi connectivity index (χ0) is 21.9. The summed E-state index contributed by atoms with van der Waals surface area (Å²) in [7, 11) is 0. The molecule has 0 saturated carbocycles. The van der Waals surface area contributed by atoms with Gasteiger partial charge in [0.05, 0.1) is 16.1 Å². The Kier molecular flexibility index (Phi) is 6.89. The highest BCUT2D eigenvalue weighted by Crippen LogP contribution is 2.31. The molecule has 0 aliphatic rings. The van der Waals surface area contributed by atoms with E-state index in [4.69, 9.17) is 14.2 Å². The summed E-state index contributed by atoms with van der Waals surface area (Å²) < 4.78 is 15.4. The second-order valence-electron chi connectivity index (χ2n) is 8.06. The van der Waals surface area contributed by atoms with Gasteiger partial charge in [-0.25, -0.2) is 9.59 Å². The Labute approximate surface area is 163 Å². The standard InChI is InChI=1S/C19H25NO8/c1-11(21)26-15(17(23)28-19(5,6)7)13-9-8-12(10-14(13)20(24)25)16(22)27-18(2,3)4/h8-10,15H,1-7H3. The van der Waals surface area contributed by atoms with E-state index in [0.717, 1.165) is 13.0 Å². The van der Waals surface area contributed by atoms with Crippen LogP contribution in [0.1, 0.15) is 70.5 Å². The van der Waals surface area contributed by atoms with Crippen molar-refractivity contribution in [3.63, 3.8) is 0 Å². The number of nitro groups is 1.